The van der Waals surface area contributed by atoms with Crippen molar-refractivity contribution in [3.8, 4) is 0 Å². The standard InChI is InChI=1S/C30H42N2O2/c1-19(17-32-14-13-31-18-32)5-8-26-20(2)28-27(34-26)16-25-23-7-6-21-15-22(33)9-11-29(21,3)24(23)10-12-30(25,28)4/h6,13-14,18-19,23-25,27-28H,5,7-12,15-17H2,1-4H3/t19-,23-,24+,25+,27+,28+,29+,30+/m1/s1. The van der Waals surface area contributed by atoms with Gasteiger partial charge in [0.1, 0.15) is 11.9 Å². The van der Waals surface area contributed by atoms with Crippen molar-refractivity contribution in [2.45, 2.75) is 98.1 Å². The summed E-state index contributed by atoms with van der Waals surface area (Å²) in [5, 5.41) is 0. The number of imidazole rings is 1. The third-order valence-electron chi connectivity index (χ3n) is 11.1. The summed E-state index contributed by atoms with van der Waals surface area (Å²) < 4.78 is 8.95. The number of hydrogen-bond acceptors (Lipinski definition) is 3. The number of ketones is 1. The molecule has 4 nitrogen and oxygen atoms in total. The van der Waals surface area contributed by atoms with Crippen molar-refractivity contribution in [2.75, 3.05) is 0 Å². The average Bonchev–Trinajstić information content (AvgIpc) is 3.49. The third kappa shape index (κ3) is 3.38. The Morgan fingerprint density at radius 1 is 1.26 bits per heavy atom. The molecule has 6 rings (SSSR count). The number of ether oxygens (including phenoxy) is 1. The fourth-order valence-corrected chi connectivity index (χ4v) is 9.28. The summed E-state index contributed by atoms with van der Waals surface area (Å²) in [5.41, 5.74) is 3.67. The van der Waals surface area contributed by atoms with Gasteiger partial charge in [-0.15, -0.1) is 0 Å². The normalized spacial score (nSPS) is 41.8. The van der Waals surface area contributed by atoms with Crippen molar-refractivity contribution >= 4 is 5.78 Å². The van der Waals surface area contributed by atoms with Crippen LogP contribution in [-0.4, -0.2) is 21.4 Å². The van der Waals surface area contributed by atoms with Gasteiger partial charge in [0.25, 0.3) is 0 Å². The Bertz CT molecular complexity index is 1020. The maximum absolute atomic E-state index is 12.2. The summed E-state index contributed by atoms with van der Waals surface area (Å²) >= 11 is 0. The van der Waals surface area contributed by atoms with Gasteiger partial charge in [0.2, 0.25) is 0 Å². The number of Topliss-reactive ketones (excluding diaryl/α,β-unsaturated/α-hetero) is 1. The zero-order valence-corrected chi connectivity index (χ0v) is 21.6. The Morgan fingerprint density at radius 3 is 2.91 bits per heavy atom. The van der Waals surface area contributed by atoms with Crippen LogP contribution in [0.5, 0.6) is 0 Å². The summed E-state index contributed by atoms with van der Waals surface area (Å²) in [4.78, 5) is 16.3. The van der Waals surface area contributed by atoms with Crippen LogP contribution < -0.4 is 0 Å². The Kier molecular flexibility index (Phi) is 5.39. The molecule has 3 saturated carbocycles. The van der Waals surface area contributed by atoms with Gasteiger partial charge in [-0.3, -0.25) is 4.79 Å². The molecule has 1 aromatic rings. The Morgan fingerprint density at radius 2 is 2.12 bits per heavy atom. The van der Waals surface area contributed by atoms with Gasteiger partial charge in [0.15, 0.2) is 0 Å². The summed E-state index contributed by atoms with van der Waals surface area (Å²) in [6, 6.07) is 0. The minimum absolute atomic E-state index is 0.262. The van der Waals surface area contributed by atoms with Crippen LogP contribution in [0.3, 0.4) is 0 Å². The molecule has 0 N–H and O–H groups in total. The first-order valence-electron chi connectivity index (χ1n) is 13.8. The lowest BCUT2D eigenvalue weighted by Crippen LogP contribution is -2.50. The molecule has 3 fully saturated rings. The lowest BCUT2D eigenvalue weighted by Gasteiger charge is -2.57. The van der Waals surface area contributed by atoms with Crippen LogP contribution in [0, 0.1) is 40.4 Å². The monoisotopic (exact) mass is 462 g/mol. The molecule has 0 bridgehead atoms. The molecule has 184 valence electrons. The van der Waals surface area contributed by atoms with E-state index in [1.165, 1.54) is 43.4 Å². The van der Waals surface area contributed by atoms with Gasteiger partial charge in [-0.2, -0.15) is 0 Å². The Hall–Kier alpha value is -1.84. The van der Waals surface area contributed by atoms with Gasteiger partial charge in [-0.25, -0.2) is 4.98 Å². The molecule has 1 aliphatic heterocycles. The maximum Gasteiger partial charge on any atom is 0.136 e. The number of allylic oxidation sites excluding steroid dienone is 3. The van der Waals surface area contributed by atoms with E-state index in [2.05, 4.69) is 49.5 Å². The number of hydrogen-bond donors (Lipinski definition) is 0. The molecule has 0 unspecified atom stereocenters. The van der Waals surface area contributed by atoms with Crippen molar-refractivity contribution in [3.05, 3.63) is 41.7 Å². The summed E-state index contributed by atoms with van der Waals surface area (Å²) in [7, 11) is 0. The highest BCUT2D eigenvalue weighted by molar-refractivity contribution is 5.82. The lowest BCUT2D eigenvalue weighted by molar-refractivity contribution is -0.122. The predicted molar refractivity (Wildman–Crippen MR) is 134 cm³/mol. The van der Waals surface area contributed by atoms with Gasteiger partial charge < -0.3 is 9.30 Å². The van der Waals surface area contributed by atoms with Crippen LogP contribution >= 0.6 is 0 Å². The van der Waals surface area contributed by atoms with E-state index in [1.807, 2.05) is 12.5 Å². The van der Waals surface area contributed by atoms with Crippen LogP contribution in [0.2, 0.25) is 0 Å². The minimum Gasteiger partial charge on any atom is -0.494 e. The first kappa shape index (κ1) is 22.6. The highest BCUT2D eigenvalue weighted by Crippen LogP contribution is 2.68. The second kappa shape index (κ2) is 8.10. The first-order chi connectivity index (χ1) is 16.3. The van der Waals surface area contributed by atoms with Gasteiger partial charge in [-0.05, 0) is 85.5 Å². The number of carbonyl (C=O) groups is 1. The predicted octanol–water partition coefficient (Wildman–Crippen LogP) is 6.73. The summed E-state index contributed by atoms with van der Waals surface area (Å²) in [5.74, 6) is 5.25. The third-order valence-corrected chi connectivity index (χ3v) is 11.1. The van der Waals surface area contributed by atoms with E-state index < -0.39 is 0 Å². The van der Waals surface area contributed by atoms with E-state index in [0.29, 0.717) is 29.1 Å². The zero-order chi connectivity index (χ0) is 23.7. The van der Waals surface area contributed by atoms with Crippen LogP contribution in [0.25, 0.3) is 0 Å². The van der Waals surface area contributed by atoms with E-state index >= 15 is 0 Å². The number of aromatic nitrogens is 2. The fourth-order valence-electron chi connectivity index (χ4n) is 9.28. The van der Waals surface area contributed by atoms with Crippen LogP contribution in [-0.2, 0) is 16.1 Å². The van der Waals surface area contributed by atoms with Crippen molar-refractivity contribution < 1.29 is 9.53 Å². The number of fused-ring (bicyclic) bond motifs is 7. The van der Waals surface area contributed by atoms with E-state index in [0.717, 1.165) is 50.0 Å². The second-order valence-electron chi connectivity index (χ2n) is 12.9. The topological polar surface area (TPSA) is 44.1 Å². The summed E-state index contributed by atoms with van der Waals surface area (Å²) in [6.45, 7) is 10.8. The maximum atomic E-state index is 12.2. The zero-order valence-electron chi connectivity index (χ0n) is 21.6. The largest absolute Gasteiger partial charge is 0.494 e. The van der Waals surface area contributed by atoms with Gasteiger partial charge in [0, 0.05) is 44.1 Å². The molecule has 0 saturated heterocycles. The van der Waals surface area contributed by atoms with Crippen molar-refractivity contribution in [1.29, 1.82) is 0 Å². The molecule has 0 aromatic carbocycles. The molecule has 4 heteroatoms. The van der Waals surface area contributed by atoms with E-state index in [-0.39, 0.29) is 5.41 Å². The van der Waals surface area contributed by atoms with Crippen molar-refractivity contribution in [1.82, 2.24) is 9.55 Å². The van der Waals surface area contributed by atoms with Crippen molar-refractivity contribution in [2.24, 2.45) is 40.4 Å². The number of carbonyl (C=O) groups excluding carboxylic acids is 1. The molecule has 1 aromatic heterocycles. The molecule has 0 spiro atoms. The Balaban J connectivity index is 1.18. The number of rotatable bonds is 5. The minimum atomic E-state index is 0.262. The SMILES string of the molecule is CC1=C(CC[C@@H](C)Cn2ccnc2)O[C@H]2C[C@H]3[C@@H]4CC=C5CC(=O)CC[C@]5(C)[C@H]4CC[C@]3(C)[C@@H]12. The van der Waals surface area contributed by atoms with E-state index in [9.17, 15) is 4.79 Å². The quantitative estimate of drug-likeness (QED) is 0.456. The molecular weight excluding hydrogens is 420 g/mol. The highest BCUT2D eigenvalue weighted by Gasteiger charge is 2.63. The highest BCUT2D eigenvalue weighted by atomic mass is 16.5. The molecule has 8 atom stereocenters. The molecule has 34 heavy (non-hydrogen) atoms. The van der Waals surface area contributed by atoms with Crippen molar-refractivity contribution in [3.63, 3.8) is 0 Å². The molecule has 5 aliphatic rings. The molecule has 2 heterocycles. The van der Waals surface area contributed by atoms with Gasteiger partial charge in [0.05, 0.1) is 12.1 Å². The van der Waals surface area contributed by atoms with Crippen LogP contribution in [0.15, 0.2) is 41.7 Å². The average molecular weight is 463 g/mol. The Labute approximate surface area is 205 Å². The second-order valence-corrected chi connectivity index (χ2v) is 12.9. The van der Waals surface area contributed by atoms with Crippen LogP contribution in [0.1, 0.15) is 85.5 Å². The number of nitrogens with zero attached hydrogens (tertiary/aromatic N) is 2. The van der Waals surface area contributed by atoms with Gasteiger partial charge in [-0.1, -0.05) is 32.4 Å². The van der Waals surface area contributed by atoms with E-state index in [4.69, 9.17) is 4.74 Å². The summed E-state index contributed by atoms with van der Waals surface area (Å²) in [6.07, 6.45) is 18.6. The molecular formula is C30H42N2O2. The smallest absolute Gasteiger partial charge is 0.136 e. The fraction of sp³-hybridized carbons (Fsp3) is 0.733. The molecule has 0 radical (unpaired) electrons. The van der Waals surface area contributed by atoms with Crippen LogP contribution in [0.4, 0.5) is 0 Å². The molecule has 0 amide bonds. The lowest BCUT2D eigenvalue weighted by atomic mass is 9.47. The van der Waals surface area contributed by atoms with Gasteiger partial charge >= 0.3 is 0 Å². The van der Waals surface area contributed by atoms with E-state index in [1.54, 1.807) is 5.57 Å². The molecule has 4 aliphatic carbocycles. The first-order valence-corrected chi connectivity index (χ1v) is 13.8.